The number of hydrogen-bond donors (Lipinski definition) is 1. The summed E-state index contributed by atoms with van der Waals surface area (Å²) in [7, 11) is 1.46. The van der Waals surface area contributed by atoms with E-state index in [0.717, 1.165) is 141 Å². The third-order valence-electron chi connectivity index (χ3n) is 16.4. The van der Waals surface area contributed by atoms with E-state index < -0.39 is 26.5 Å². The summed E-state index contributed by atoms with van der Waals surface area (Å²) >= 11 is 0. The highest BCUT2D eigenvalue weighted by Crippen LogP contribution is 2.43. The fourth-order valence-corrected chi connectivity index (χ4v) is 11.2. The van der Waals surface area contributed by atoms with Gasteiger partial charge < -0.3 is 18.9 Å². The molecule has 0 spiro atoms. The number of carbonyl (C=O) groups is 2. The number of nitrogens with zero attached hydrogens (tertiary/aromatic N) is 1. The van der Waals surface area contributed by atoms with Gasteiger partial charge in [0.2, 0.25) is 0 Å². The lowest BCUT2D eigenvalue weighted by Gasteiger charge is -2.24. The largest absolute Gasteiger partial charge is 0.472 e. The first kappa shape index (κ1) is 93.1. The summed E-state index contributed by atoms with van der Waals surface area (Å²) in [5.74, 6) is -0.811. The molecule has 2 unspecified atom stereocenters. The topological polar surface area (TPSA) is 108 Å². The highest BCUT2D eigenvalue weighted by atomic mass is 31.2. The molecular formula is C88H147NO8P+. The van der Waals surface area contributed by atoms with Crippen LogP contribution in [0.25, 0.3) is 0 Å². The van der Waals surface area contributed by atoms with Crippen molar-refractivity contribution in [3.8, 4) is 0 Å². The van der Waals surface area contributed by atoms with Gasteiger partial charge in [0, 0.05) is 12.8 Å². The summed E-state index contributed by atoms with van der Waals surface area (Å²) in [6, 6.07) is 0. The van der Waals surface area contributed by atoms with Crippen molar-refractivity contribution in [2.45, 2.75) is 315 Å². The smallest absolute Gasteiger partial charge is 0.462 e. The lowest BCUT2D eigenvalue weighted by atomic mass is 10.0. The van der Waals surface area contributed by atoms with Crippen molar-refractivity contribution in [2.24, 2.45) is 0 Å². The van der Waals surface area contributed by atoms with Gasteiger partial charge in [-0.05, 0) is 135 Å². The van der Waals surface area contributed by atoms with Crippen LogP contribution in [0.4, 0.5) is 0 Å². The van der Waals surface area contributed by atoms with Crippen LogP contribution in [0.1, 0.15) is 309 Å². The zero-order chi connectivity index (χ0) is 71.1. The average molecular weight is 1380 g/mol. The maximum Gasteiger partial charge on any atom is 0.472 e. The third-order valence-corrected chi connectivity index (χ3v) is 17.4. The van der Waals surface area contributed by atoms with E-state index >= 15 is 0 Å². The number of phosphoric acid groups is 1. The number of likely N-dealkylation sites (N-methyl/N-ethyl adjacent to an activating group) is 1. The van der Waals surface area contributed by atoms with Gasteiger partial charge in [0.05, 0.1) is 27.7 Å². The molecule has 0 aliphatic carbocycles. The molecule has 98 heavy (non-hydrogen) atoms. The first-order valence-corrected chi connectivity index (χ1v) is 41.0. The van der Waals surface area contributed by atoms with Gasteiger partial charge in [-0.3, -0.25) is 18.6 Å². The fourth-order valence-electron chi connectivity index (χ4n) is 10.5. The van der Waals surface area contributed by atoms with Crippen LogP contribution >= 0.6 is 7.82 Å². The maximum atomic E-state index is 12.9. The summed E-state index contributed by atoms with van der Waals surface area (Å²) in [5.41, 5.74) is 0. The molecule has 0 saturated heterocycles. The van der Waals surface area contributed by atoms with Crippen LogP contribution < -0.4 is 0 Å². The SMILES string of the molecule is CC/C=C\C/C=C\C/C=C\C/C=C\C/C=C\C/C=C\C/C=C\C/C=C\C/C=C\C/C=C\C/C=C\CCCCCCCCCC(=O)OC(COC(=O)CCCCCCCCCCCCCCCCCCCCCC/C=C\C/C=C\C/C=C\C/C=C\CC)COP(=O)(O)OCC[N+](C)(C)C. The van der Waals surface area contributed by atoms with Crippen LogP contribution in [0.5, 0.6) is 0 Å². The second kappa shape index (κ2) is 76.3. The number of rotatable bonds is 71. The summed E-state index contributed by atoms with van der Waals surface area (Å²) in [6.07, 6.45) is 117. The van der Waals surface area contributed by atoms with Crippen molar-refractivity contribution in [1.29, 1.82) is 0 Å². The van der Waals surface area contributed by atoms with Crippen LogP contribution in [0, 0.1) is 0 Å². The Morgan fingerprint density at radius 1 is 0.316 bits per heavy atom. The van der Waals surface area contributed by atoms with E-state index in [1.165, 1.54) is 135 Å². The molecule has 0 saturated carbocycles. The minimum atomic E-state index is -4.41. The molecule has 1 N–H and O–H groups in total. The van der Waals surface area contributed by atoms with Gasteiger partial charge in [0.25, 0.3) is 0 Å². The van der Waals surface area contributed by atoms with Crippen molar-refractivity contribution in [3.63, 3.8) is 0 Å². The van der Waals surface area contributed by atoms with Gasteiger partial charge in [-0.25, -0.2) is 4.57 Å². The molecule has 0 bridgehead atoms. The molecule has 0 heterocycles. The maximum absolute atomic E-state index is 12.9. The Balaban J connectivity index is 4.07. The molecule has 0 amide bonds. The first-order valence-electron chi connectivity index (χ1n) is 39.5. The predicted octanol–water partition coefficient (Wildman–Crippen LogP) is 26.6. The average Bonchev–Trinajstić information content (AvgIpc) is 1.08. The number of ether oxygens (including phenoxy) is 2. The van der Waals surface area contributed by atoms with Crippen LogP contribution in [-0.2, 0) is 32.7 Å². The van der Waals surface area contributed by atoms with Gasteiger partial charge in [-0.2, -0.15) is 0 Å². The number of carbonyl (C=O) groups excluding carboxylic acids is 2. The van der Waals surface area contributed by atoms with Crippen LogP contribution in [0.15, 0.2) is 182 Å². The highest BCUT2D eigenvalue weighted by Gasteiger charge is 2.27. The normalized spacial score (nSPS) is 14.1. The van der Waals surface area contributed by atoms with Crippen LogP contribution in [-0.4, -0.2) is 74.9 Å². The lowest BCUT2D eigenvalue weighted by Crippen LogP contribution is -2.37. The van der Waals surface area contributed by atoms with Crippen molar-refractivity contribution < 1.29 is 42.1 Å². The summed E-state index contributed by atoms with van der Waals surface area (Å²) in [5, 5.41) is 0. The molecule has 0 aromatic carbocycles. The number of esters is 2. The lowest BCUT2D eigenvalue weighted by molar-refractivity contribution is -0.870. The van der Waals surface area contributed by atoms with E-state index in [9.17, 15) is 19.0 Å². The molecule has 0 aliphatic heterocycles. The standard InChI is InChI=1S/C88H146NO8P/c1-6-8-10-12-14-16-18-20-22-24-26-28-30-32-34-36-38-40-41-42-43-44-45-46-47-49-51-53-55-57-59-61-63-65-67-69-71-73-75-77-79-81-88(91)97-86(85-96-98(92,93)95-83-82-89(3,4)5)84-94-87(90)80-78-76-74-72-70-68-66-64-62-60-58-56-54-52-50-48-39-37-35-33-31-29-27-25-23-21-19-17-15-13-11-9-7-2/h8-11,14-17,20-23,26-29,32,34,38,40,42-43,45-46,49,51,55,57,61,63,86H,6-7,12-13,18-19,24-25,30-31,33,35-37,39,41,44,47-48,50,52-54,56,58-60,62,64-85H2,1-5H3/p+1/b10-8-,11-9-,16-14-,17-15-,22-20-,23-21-,28-26-,29-27-,34-32-,40-38-,43-42-,46-45-,51-49-,57-55-,63-61-. The van der Waals surface area contributed by atoms with Gasteiger partial charge in [-0.15, -0.1) is 0 Å². The Morgan fingerprint density at radius 2 is 0.551 bits per heavy atom. The Bertz CT molecular complexity index is 2320. The van der Waals surface area contributed by atoms with Gasteiger partial charge in [0.15, 0.2) is 6.10 Å². The molecule has 0 aliphatic rings. The summed E-state index contributed by atoms with van der Waals surface area (Å²) < 4.78 is 34.8. The second-order valence-electron chi connectivity index (χ2n) is 27.0. The Morgan fingerprint density at radius 3 is 0.816 bits per heavy atom. The van der Waals surface area contributed by atoms with Gasteiger partial charge in [0.1, 0.15) is 19.8 Å². The molecule has 0 fully saturated rings. The Labute approximate surface area is 603 Å². The second-order valence-corrected chi connectivity index (χ2v) is 28.4. The number of phosphoric ester groups is 1. The van der Waals surface area contributed by atoms with E-state index in [1.807, 2.05) is 21.1 Å². The van der Waals surface area contributed by atoms with Crippen LogP contribution in [0.2, 0.25) is 0 Å². The fraction of sp³-hybridized carbons (Fsp3) is 0.636. The van der Waals surface area contributed by atoms with E-state index in [4.69, 9.17) is 18.5 Å². The van der Waals surface area contributed by atoms with Gasteiger partial charge >= 0.3 is 19.8 Å². The Kier molecular flexibility index (Phi) is 72.5. The highest BCUT2D eigenvalue weighted by molar-refractivity contribution is 7.47. The number of quaternary nitrogens is 1. The van der Waals surface area contributed by atoms with Crippen molar-refractivity contribution in [2.75, 3.05) is 47.5 Å². The van der Waals surface area contributed by atoms with Gasteiger partial charge in [-0.1, -0.05) is 344 Å². The molecule has 2 atom stereocenters. The Hall–Kier alpha value is -4.89. The zero-order valence-electron chi connectivity index (χ0n) is 63.5. The molecule has 9 nitrogen and oxygen atoms in total. The number of unbranched alkanes of at least 4 members (excludes halogenated alkanes) is 27. The van der Waals surface area contributed by atoms with Crippen LogP contribution in [0.3, 0.4) is 0 Å². The molecule has 0 radical (unpaired) electrons. The van der Waals surface area contributed by atoms with E-state index in [2.05, 4.69) is 196 Å². The molecule has 0 aromatic rings. The van der Waals surface area contributed by atoms with E-state index in [0.29, 0.717) is 17.4 Å². The molecule has 10 heteroatoms. The molecule has 556 valence electrons. The monoisotopic (exact) mass is 1380 g/mol. The minimum Gasteiger partial charge on any atom is -0.462 e. The van der Waals surface area contributed by atoms with Crippen molar-refractivity contribution in [1.82, 2.24) is 0 Å². The molecular weight excluding hydrogens is 1230 g/mol. The molecule has 0 aromatic heterocycles. The summed E-state index contributed by atoms with van der Waals surface area (Å²) in [6.45, 7) is 4.20. The third kappa shape index (κ3) is 80.1. The molecule has 0 rings (SSSR count). The number of hydrogen-bond acceptors (Lipinski definition) is 7. The minimum absolute atomic E-state index is 0.0221. The first-order chi connectivity index (χ1) is 48.0. The zero-order valence-corrected chi connectivity index (χ0v) is 64.3. The van der Waals surface area contributed by atoms with E-state index in [1.54, 1.807) is 0 Å². The van der Waals surface area contributed by atoms with Crippen molar-refractivity contribution in [3.05, 3.63) is 182 Å². The number of allylic oxidation sites excluding steroid dienone is 30. The predicted molar refractivity (Wildman–Crippen MR) is 426 cm³/mol. The summed E-state index contributed by atoms with van der Waals surface area (Å²) in [4.78, 5) is 36.0. The van der Waals surface area contributed by atoms with Crippen molar-refractivity contribution >= 4 is 19.8 Å². The quantitative estimate of drug-likeness (QED) is 0.0211. The van der Waals surface area contributed by atoms with E-state index in [-0.39, 0.29) is 32.0 Å².